The predicted octanol–water partition coefficient (Wildman–Crippen LogP) is 4.23. The van der Waals surface area contributed by atoms with Crippen LogP contribution in [0.4, 0.5) is 0 Å². The van der Waals surface area contributed by atoms with E-state index < -0.39 is 5.79 Å². The zero-order valence-electron chi connectivity index (χ0n) is 13.2. The minimum absolute atomic E-state index is 0.198. The number of nitrogens with zero attached hydrogens (tertiary/aromatic N) is 3. The number of aromatic nitrogens is 3. The van der Waals surface area contributed by atoms with Crippen LogP contribution < -0.4 is 0 Å². The van der Waals surface area contributed by atoms with Gasteiger partial charge in [-0.3, -0.25) is 0 Å². The average Bonchev–Trinajstić information content (AvgIpc) is 3.26. The van der Waals surface area contributed by atoms with Gasteiger partial charge in [0.05, 0.1) is 11.6 Å². The minimum Gasteiger partial charge on any atom is -0.341 e. The first-order chi connectivity index (χ1) is 12.2. The van der Waals surface area contributed by atoms with E-state index >= 15 is 0 Å². The van der Waals surface area contributed by atoms with Gasteiger partial charge in [0.15, 0.2) is 0 Å². The molecule has 3 aromatic rings. The zero-order valence-corrected chi connectivity index (χ0v) is 14.7. The molecule has 0 saturated carbocycles. The highest BCUT2D eigenvalue weighted by Crippen LogP contribution is 2.44. The molecule has 0 spiro atoms. The van der Waals surface area contributed by atoms with Crippen LogP contribution in [0.25, 0.3) is 0 Å². The monoisotopic (exact) mass is 375 g/mol. The summed E-state index contributed by atoms with van der Waals surface area (Å²) < 4.78 is 14.2. The molecule has 7 heteroatoms. The van der Waals surface area contributed by atoms with Gasteiger partial charge in [0.1, 0.15) is 25.3 Å². The van der Waals surface area contributed by atoms with Crippen molar-refractivity contribution in [3.05, 3.63) is 82.4 Å². The third-order valence-corrected chi connectivity index (χ3v) is 4.70. The smallest absolute Gasteiger partial charge is 0.217 e. The maximum atomic E-state index is 6.44. The van der Waals surface area contributed by atoms with Gasteiger partial charge in [-0.1, -0.05) is 59.6 Å². The fraction of sp³-hybridized carbons (Fsp3) is 0.222. The summed E-state index contributed by atoms with van der Waals surface area (Å²) >= 11 is 12.5. The van der Waals surface area contributed by atoms with Crippen LogP contribution in [-0.2, 0) is 21.8 Å². The first-order valence-corrected chi connectivity index (χ1v) is 8.56. The third kappa shape index (κ3) is 3.28. The zero-order chi connectivity index (χ0) is 17.3. The van der Waals surface area contributed by atoms with Crippen LogP contribution in [-0.4, -0.2) is 21.4 Å². The third-order valence-electron chi connectivity index (χ3n) is 4.15. The van der Waals surface area contributed by atoms with Crippen LogP contribution in [0.15, 0.2) is 61.2 Å². The van der Waals surface area contributed by atoms with Crippen LogP contribution in [0.2, 0.25) is 10.0 Å². The molecule has 128 valence electrons. The highest BCUT2D eigenvalue weighted by atomic mass is 35.5. The number of hydrogen-bond acceptors (Lipinski definition) is 4. The van der Waals surface area contributed by atoms with E-state index in [-0.39, 0.29) is 6.10 Å². The van der Waals surface area contributed by atoms with Gasteiger partial charge in [0.25, 0.3) is 0 Å². The molecule has 4 rings (SSSR count). The lowest BCUT2D eigenvalue weighted by Crippen LogP contribution is -2.33. The van der Waals surface area contributed by atoms with Crippen LogP contribution in [0.1, 0.15) is 17.2 Å². The molecule has 0 aliphatic carbocycles. The second kappa shape index (κ2) is 6.77. The van der Waals surface area contributed by atoms with E-state index in [1.54, 1.807) is 23.1 Å². The van der Waals surface area contributed by atoms with Gasteiger partial charge in [-0.2, -0.15) is 5.10 Å². The van der Waals surface area contributed by atoms with Gasteiger partial charge in [-0.25, -0.2) is 9.67 Å². The number of ether oxygens (including phenoxy) is 2. The highest BCUT2D eigenvalue weighted by Gasteiger charge is 2.45. The van der Waals surface area contributed by atoms with Crippen molar-refractivity contribution in [2.45, 2.75) is 18.4 Å². The van der Waals surface area contributed by atoms with E-state index in [1.807, 2.05) is 36.4 Å². The van der Waals surface area contributed by atoms with Gasteiger partial charge in [-0.15, -0.1) is 0 Å². The molecule has 5 nitrogen and oxygen atoms in total. The number of benzene rings is 2. The lowest BCUT2D eigenvalue weighted by atomic mass is 10.1. The molecule has 0 N–H and O–H groups in total. The average molecular weight is 376 g/mol. The molecule has 0 bridgehead atoms. The van der Waals surface area contributed by atoms with Crippen molar-refractivity contribution in [3.63, 3.8) is 0 Å². The second-order valence-electron chi connectivity index (χ2n) is 5.80. The summed E-state index contributed by atoms with van der Waals surface area (Å²) in [6.45, 7) is 0.745. The molecule has 0 amide bonds. The Morgan fingerprint density at radius 3 is 2.72 bits per heavy atom. The molecular weight excluding hydrogens is 361 g/mol. The Morgan fingerprint density at radius 2 is 2.00 bits per heavy atom. The van der Waals surface area contributed by atoms with Crippen molar-refractivity contribution in [2.75, 3.05) is 6.61 Å². The van der Waals surface area contributed by atoms with Gasteiger partial charge >= 0.3 is 0 Å². The second-order valence-corrected chi connectivity index (χ2v) is 6.64. The Morgan fingerprint density at radius 1 is 1.16 bits per heavy atom. The Kier molecular flexibility index (Phi) is 4.48. The lowest BCUT2D eigenvalue weighted by Gasteiger charge is -2.29. The summed E-state index contributed by atoms with van der Waals surface area (Å²) in [4.78, 5) is 3.99. The maximum Gasteiger partial charge on any atom is 0.217 e. The Bertz CT molecular complexity index is 858. The SMILES string of the molecule is Clc1ccc(C2(Cn3cncn3)OCC(c3ccccc3)O2)c(Cl)c1. The van der Waals surface area contributed by atoms with Crippen molar-refractivity contribution in [3.8, 4) is 0 Å². The Labute approximate surface area is 155 Å². The van der Waals surface area contributed by atoms with E-state index in [9.17, 15) is 0 Å². The first-order valence-electron chi connectivity index (χ1n) is 7.81. The number of halogens is 2. The summed E-state index contributed by atoms with van der Waals surface area (Å²) in [5.41, 5.74) is 1.76. The summed E-state index contributed by atoms with van der Waals surface area (Å²) in [5, 5.41) is 5.22. The molecule has 2 heterocycles. The molecule has 1 fully saturated rings. The largest absolute Gasteiger partial charge is 0.341 e. The van der Waals surface area contributed by atoms with Gasteiger partial charge < -0.3 is 9.47 Å². The van der Waals surface area contributed by atoms with Crippen molar-refractivity contribution in [2.24, 2.45) is 0 Å². The number of rotatable bonds is 4. The maximum absolute atomic E-state index is 6.44. The normalized spacial score (nSPS) is 23.0. The molecule has 1 aliphatic heterocycles. The van der Waals surface area contributed by atoms with Crippen LogP contribution >= 0.6 is 23.2 Å². The van der Waals surface area contributed by atoms with Gasteiger partial charge in [-0.05, 0) is 17.7 Å². The standard InChI is InChI=1S/C18H15Cl2N3O2/c19-14-6-7-15(16(20)8-14)18(10-23-12-21-11-22-23)24-9-17(25-18)13-4-2-1-3-5-13/h1-8,11-12,17H,9-10H2. The van der Waals surface area contributed by atoms with Crippen molar-refractivity contribution in [1.29, 1.82) is 0 Å². The van der Waals surface area contributed by atoms with Gasteiger partial charge in [0.2, 0.25) is 5.79 Å². The molecular formula is C18H15Cl2N3O2. The van der Waals surface area contributed by atoms with Crippen molar-refractivity contribution >= 4 is 23.2 Å². The van der Waals surface area contributed by atoms with Gasteiger partial charge in [0, 0.05) is 10.6 Å². The quantitative estimate of drug-likeness (QED) is 0.684. The van der Waals surface area contributed by atoms with Crippen LogP contribution in [0.5, 0.6) is 0 Å². The fourth-order valence-corrected chi connectivity index (χ4v) is 3.53. The van der Waals surface area contributed by atoms with E-state index in [2.05, 4.69) is 10.1 Å². The lowest BCUT2D eigenvalue weighted by molar-refractivity contribution is -0.189. The fourth-order valence-electron chi connectivity index (χ4n) is 2.98. The molecule has 2 atom stereocenters. The predicted molar refractivity (Wildman–Crippen MR) is 94.4 cm³/mol. The molecule has 1 aliphatic rings. The highest BCUT2D eigenvalue weighted by molar-refractivity contribution is 6.35. The summed E-state index contributed by atoms with van der Waals surface area (Å²) in [5.74, 6) is -1.06. The van der Waals surface area contributed by atoms with Crippen LogP contribution in [0.3, 0.4) is 0 Å². The molecule has 2 aromatic carbocycles. The minimum atomic E-state index is -1.06. The van der Waals surface area contributed by atoms with E-state index in [0.29, 0.717) is 28.8 Å². The Hall–Kier alpha value is -1.92. The number of hydrogen-bond donors (Lipinski definition) is 0. The molecule has 2 unspecified atom stereocenters. The Balaban J connectivity index is 1.72. The topological polar surface area (TPSA) is 49.2 Å². The summed E-state index contributed by atoms with van der Waals surface area (Å²) in [7, 11) is 0. The van der Waals surface area contributed by atoms with Crippen LogP contribution in [0, 0.1) is 0 Å². The molecule has 25 heavy (non-hydrogen) atoms. The van der Waals surface area contributed by atoms with E-state index in [0.717, 1.165) is 5.56 Å². The van der Waals surface area contributed by atoms with Crippen molar-refractivity contribution in [1.82, 2.24) is 14.8 Å². The first kappa shape index (κ1) is 16.5. The molecule has 1 aromatic heterocycles. The summed E-state index contributed by atoms with van der Waals surface area (Å²) in [6, 6.07) is 15.2. The van der Waals surface area contributed by atoms with Crippen molar-refractivity contribution < 1.29 is 9.47 Å². The molecule has 1 saturated heterocycles. The van der Waals surface area contributed by atoms with E-state index in [4.69, 9.17) is 32.7 Å². The van der Waals surface area contributed by atoms with E-state index in [1.165, 1.54) is 6.33 Å². The molecule has 0 radical (unpaired) electrons. The summed E-state index contributed by atoms with van der Waals surface area (Å²) in [6.07, 6.45) is 2.89.